The van der Waals surface area contributed by atoms with Gasteiger partial charge in [-0.15, -0.1) is 0 Å². The van der Waals surface area contributed by atoms with Gasteiger partial charge in [-0.2, -0.15) is 0 Å². The summed E-state index contributed by atoms with van der Waals surface area (Å²) in [4.78, 5) is 32.9. The molecule has 0 atom stereocenters. The molecular formula is C11H15N3O4. The molecule has 0 saturated heterocycles. The largest absolute Gasteiger partial charge is 0.477 e. The van der Waals surface area contributed by atoms with E-state index in [1.165, 1.54) is 23.8 Å². The molecule has 0 saturated carbocycles. The maximum Gasteiger partial charge on any atom is 0.352 e. The van der Waals surface area contributed by atoms with Gasteiger partial charge < -0.3 is 20.3 Å². The van der Waals surface area contributed by atoms with E-state index in [1.807, 2.05) is 0 Å². The molecule has 1 aromatic heterocycles. The molecule has 7 nitrogen and oxygen atoms in total. The number of carbonyl (C=O) groups excluding carboxylic acids is 2. The molecule has 7 heteroatoms. The number of nitrogens with one attached hydrogen (secondary N) is 2. The Kier molecular flexibility index (Phi) is 4.91. The molecule has 1 heterocycles. The second kappa shape index (κ2) is 6.43. The van der Waals surface area contributed by atoms with Crippen LogP contribution >= 0.6 is 0 Å². The summed E-state index contributed by atoms with van der Waals surface area (Å²) in [5, 5.41) is 14.0. The maximum absolute atomic E-state index is 11.5. The first kappa shape index (κ1) is 13.8. The molecule has 0 radical (unpaired) electrons. The van der Waals surface area contributed by atoms with Crippen molar-refractivity contribution < 1.29 is 19.5 Å². The molecular weight excluding hydrogens is 238 g/mol. The monoisotopic (exact) mass is 253 g/mol. The smallest absolute Gasteiger partial charge is 0.352 e. The summed E-state index contributed by atoms with van der Waals surface area (Å²) in [6.45, 7) is 1.98. The van der Waals surface area contributed by atoms with Crippen molar-refractivity contribution in [1.82, 2.24) is 15.2 Å². The predicted molar refractivity (Wildman–Crippen MR) is 63.1 cm³/mol. The molecule has 0 aliphatic carbocycles. The fourth-order valence-corrected chi connectivity index (χ4v) is 1.40. The third kappa shape index (κ3) is 4.28. The van der Waals surface area contributed by atoms with Gasteiger partial charge in [-0.25, -0.2) is 4.79 Å². The van der Waals surface area contributed by atoms with Crippen LogP contribution in [0.1, 0.15) is 17.4 Å². The molecule has 2 amide bonds. The minimum absolute atomic E-state index is 0.0608. The Hall–Kier alpha value is -2.31. The number of rotatable bonds is 6. The predicted octanol–water partition coefficient (Wildman–Crippen LogP) is -0.561. The highest BCUT2D eigenvalue weighted by Gasteiger charge is 2.11. The van der Waals surface area contributed by atoms with Crippen LogP contribution in [0, 0.1) is 0 Å². The second-order valence-electron chi connectivity index (χ2n) is 3.66. The summed E-state index contributed by atoms with van der Waals surface area (Å²) in [7, 11) is 0. The van der Waals surface area contributed by atoms with E-state index >= 15 is 0 Å². The summed E-state index contributed by atoms with van der Waals surface area (Å²) >= 11 is 0. The molecule has 98 valence electrons. The summed E-state index contributed by atoms with van der Waals surface area (Å²) in [6, 6.07) is 2.99. The van der Waals surface area contributed by atoms with E-state index in [4.69, 9.17) is 5.11 Å². The van der Waals surface area contributed by atoms with Gasteiger partial charge in [0, 0.05) is 26.2 Å². The van der Waals surface area contributed by atoms with E-state index in [1.54, 1.807) is 6.07 Å². The van der Waals surface area contributed by atoms with Gasteiger partial charge in [-0.1, -0.05) is 0 Å². The zero-order valence-electron chi connectivity index (χ0n) is 9.97. The first-order chi connectivity index (χ1) is 8.50. The number of carbonyl (C=O) groups is 3. The van der Waals surface area contributed by atoms with E-state index in [-0.39, 0.29) is 24.1 Å². The van der Waals surface area contributed by atoms with Crippen LogP contribution in [0.2, 0.25) is 0 Å². The van der Waals surface area contributed by atoms with Gasteiger partial charge in [0.15, 0.2) is 0 Å². The van der Waals surface area contributed by atoms with Crippen LogP contribution in [-0.2, 0) is 16.1 Å². The average molecular weight is 253 g/mol. The van der Waals surface area contributed by atoms with Crippen LogP contribution < -0.4 is 10.6 Å². The molecule has 0 fully saturated rings. The third-order valence-electron chi connectivity index (χ3n) is 2.18. The Balaban J connectivity index is 2.38. The molecule has 18 heavy (non-hydrogen) atoms. The first-order valence-corrected chi connectivity index (χ1v) is 5.40. The number of aromatic nitrogens is 1. The van der Waals surface area contributed by atoms with E-state index in [2.05, 4.69) is 10.6 Å². The topological polar surface area (TPSA) is 100 Å². The van der Waals surface area contributed by atoms with Gasteiger partial charge in [0.05, 0.1) is 0 Å². The highest BCUT2D eigenvalue weighted by atomic mass is 16.4. The molecule has 0 aliphatic heterocycles. The van der Waals surface area contributed by atoms with E-state index in [9.17, 15) is 14.4 Å². The van der Waals surface area contributed by atoms with Gasteiger partial charge in [0.25, 0.3) is 0 Å². The normalized spacial score (nSPS) is 9.83. The number of carboxylic acids is 1. The fraction of sp³-hybridized carbons (Fsp3) is 0.364. The minimum atomic E-state index is -1.08. The van der Waals surface area contributed by atoms with Gasteiger partial charge in [0.2, 0.25) is 11.8 Å². The maximum atomic E-state index is 11.5. The highest BCUT2D eigenvalue weighted by molar-refractivity contribution is 5.86. The summed E-state index contributed by atoms with van der Waals surface area (Å²) in [5.74, 6) is -1.55. The van der Waals surface area contributed by atoms with Crippen molar-refractivity contribution in [3.05, 3.63) is 24.0 Å². The van der Waals surface area contributed by atoms with Crippen LogP contribution in [0.25, 0.3) is 0 Å². The van der Waals surface area contributed by atoms with E-state index in [0.717, 1.165) is 0 Å². The van der Waals surface area contributed by atoms with Gasteiger partial charge in [0.1, 0.15) is 12.2 Å². The first-order valence-electron chi connectivity index (χ1n) is 5.40. The van der Waals surface area contributed by atoms with E-state index < -0.39 is 5.97 Å². The number of hydrogen-bond acceptors (Lipinski definition) is 3. The SMILES string of the molecule is CC(=O)NCCNC(=O)Cn1cccc1C(=O)O. The summed E-state index contributed by atoms with van der Waals surface area (Å²) in [6.07, 6.45) is 1.52. The lowest BCUT2D eigenvalue weighted by Crippen LogP contribution is -2.35. The van der Waals surface area contributed by atoms with Crippen LogP contribution in [0.3, 0.4) is 0 Å². The molecule has 1 aromatic rings. The number of amides is 2. The fourth-order valence-electron chi connectivity index (χ4n) is 1.40. The quantitative estimate of drug-likeness (QED) is 0.591. The second-order valence-corrected chi connectivity index (χ2v) is 3.66. The van der Waals surface area contributed by atoms with Crippen LogP contribution in [0.15, 0.2) is 18.3 Å². The molecule has 0 aliphatic rings. The van der Waals surface area contributed by atoms with Crippen LogP contribution in [0.4, 0.5) is 0 Å². The number of nitrogens with zero attached hydrogens (tertiary/aromatic N) is 1. The zero-order valence-corrected chi connectivity index (χ0v) is 9.97. The molecule has 0 spiro atoms. The molecule has 0 bridgehead atoms. The van der Waals surface area contributed by atoms with Crippen molar-refractivity contribution in [2.45, 2.75) is 13.5 Å². The Morgan fingerprint density at radius 3 is 2.56 bits per heavy atom. The standard InChI is InChI=1S/C11H15N3O4/c1-8(15)12-4-5-13-10(16)7-14-6-2-3-9(14)11(17)18/h2-3,6H,4-5,7H2,1H3,(H,12,15)(H,13,16)(H,17,18). The van der Waals surface area contributed by atoms with E-state index in [0.29, 0.717) is 13.1 Å². The van der Waals surface area contributed by atoms with Gasteiger partial charge in [-0.05, 0) is 12.1 Å². The molecule has 0 unspecified atom stereocenters. The van der Waals surface area contributed by atoms with Crippen molar-refractivity contribution in [3.8, 4) is 0 Å². The summed E-state index contributed by atoms with van der Waals surface area (Å²) in [5.41, 5.74) is 0.0620. The van der Waals surface area contributed by atoms with Crippen molar-refractivity contribution in [2.75, 3.05) is 13.1 Å². The third-order valence-corrected chi connectivity index (χ3v) is 2.18. The van der Waals surface area contributed by atoms with Gasteiger partial charge in [-0.3, -0.25) is 9.59 Å². The van der Waals surface area contributed by atoms with Gasteiger partial charge >= 0.3 is 5.97 Å². The number of hydrogen-bond donors (Lipinski definition) is 3. The van der Waals surface area contributed by atoms with Crippen molar-refractivity contribution in [3.63, 3.8) is 0 Å². The zero-order chi connectivity index (χ0) is 13.5. The lowest BCUT2D eigenvalue weighted by Gasteiger charge is -2.08. The summed E-state index contributed by atoms with van der Waals surface area (Å²) < 4.78 is 1.34. The number of carboxylic acid groups (broad SMARTS) is 1. The Morgan fingerprint density at radius 2 is 1.94 bits per heavy atom. The van der Waals surface area contributed by atoms with Crippen molar-refractivity contribution >= 4 is 17.8 Å². The Morgan fingerprint density at radius 1 is 1.28 bits per heavy atom. The van der Waals surface area contributed by atoms with Crippen molar-refractivity contribution in [2.24, 2.45) is 0 Å². The minimum Gasteiger partial charge on any atom is -0.477 e. The number of aromatic carboxylic acids is 1. The molecule has 1 rings (SSSR count). The molecule has 0 aromatic carbocycles. The van der Waals surface area contributed by atoms with Crippen LogP contribution in [0.5, 0.6) is 0 Å². The average Bonchev–Trinajstić information content (AvgIpc) is 2.72. The lowest BCUT2D eigenvalue weighted by atomic mass is 10.4. The van der Waals surface area contributed by atoms with Crippen molar-refractivity contribution in [1.29, 1.82) is 0 Å². The Bertz CT molecular complexity index is 453. The Labute approximate surface area is 104 Å². The lowest BCUT2D eigenvalue weighted by molar-refractivity contribution is -0.122. The van der Waals surface area contributed by atoms with Crippen LogP contribution in [-0.4, -0.2) is 40.5 Å². The highest BCUT2D eigenvalue weighted by Crippen LogP contribution is 2.01. The molecule has 3 N–H and O–H groups in total.